The number of benzene rings is 4. The smallest absolute Gasteiger partial charge is 0.280 e. The largest absolute Gasteiger partial charge is 0.346 e. The van der Waals surface area contributed by atoms with Crippen molar-refractivity contribution in [1.29, 1.82) is 0 Å². The molecule has 1 heterocycles. The molecule has 0 aliphatic rings. The van der Waals surface area contributed by atoms with Gasteiger partial charge in [0.05, 0.1) is 15.5 Å². The predicted molar refractivity (Wildman–Crippen MR) is 178 cm³/mol. The Kier molecular flexibility index (Phi) is 9.36. The van der Waals surface area contributed by atoms with Crippen LogP contribution in [-0.2, 0) is 23.0 Å². The molecular weight excluding hydrogens is 595 g/mol. The quantitative estimate of drug-likeness (QED) is 0.155. The first-order chi connectivity index (χ1) is 20.5. The highest BCUT2D eigenvalue weighted by molar-refractivity contribution is 7.99. The van der Waals surface area contributed by atoms with E-state index < -0.39 is 15.6 Å². The van der Waals surface area contributed by atoms with E-state index in [1.54, 1.807) is 17.8 Å². The van der Waals surface area contributed by atoms with E-state index in [0.29, 0.717) is 23.4 Å². The van der Waals surface area contributed by atoms with Crippen LogP contribution in [0.25, 0.3) is 21.2 Å². The molecule has 0 saturated carbocycles. The monoisotopic (exact) mass is 629 g/mol. The third-order valence-electron chi connectivity index (χ3n) is 6.65. The highest BCUT2D eigenvalue weighted by atomic mass is 32.2. The van der Waals surface area contributed by atoms with Crippen LogP contribution < -0.4 is 10.0 Å². The number of fused-ring (bicyclic) bond motifs is 1. The van der Waals surface area contributed by atoms with Gasteiger partial charge in [-0.1, -0.05) is 79.7 Å². The van der Waals surface area contributed by atoms with E-state index in [9.17, 15) is 13.2 Å². The molecular formula is C34H35N3O3S3. The number of nitrogens with zero attached hydrogens (tertiary/aromatic N) is 1. The second kappa shape index (κ2) is 13.0. The van der Waals surface area contributed by atoms with Crippen molar-refractivity contribution in [2.45, 2.75) is 56.0 Å². The summed E-state index contributed by atoms with van der Waals surface area (Å²) in [7, 11) is -3.78. The zero-order chi connectivity index (χ0) is 30.6. The summed E-state index contributed by atoms with van der Waals surface area (Å²) in [5, 5.41) is 4.80. The fraction of sp³-hybridized carbons (Fsp3) is 0.235. The average Bonchev–Trinajstić information content (AvgIpc) is 3.39. The zero-order valence-electron chi connectivity index (χ0n) is 24.7. The fourth-order valence-electron chi connectivity index (χ4n) is 4.86. The molecule has 222 valence electrons. The topological polar surface area (TPSA) is 88.2 Å². The van der Waals surface area contributed by atoms with Gasteiger partial charge in [0.1, 0.15) is 0 Å². The average molecular weight is 630 g/mol. The van der Waals surface area contributed by atoms with E-state index in [1.807, 2.05) is 93.6 Å². The van der Waals surface area contributed by atoms with E-state index >= 15 is 0 Å². The SMILES string of the molecule is CCSc1ccc(CNC(=O)c2nc(Cc3ccccc3)c(-c3ccc(S(=O)(=O)NC(C)(C)C)c4ccccc34)s2)cc1. The molecule has 4 aromatic carbocycles. The van der Waals surface area contributed by atoms with E-state index in [2.05, 4.69) is 29.1 Å². The van der Waals surface area contributed by atoms with Gasteiger partial charge >= 0.3 is 0 Å². The number of nitrogens with one attached hydrogen (secondary N) is 2. The number of hydrogen-bond acceptors (Lipinski definition) is 6. The summed E-state index contributed by atoms with van der Waals surface area (Å²) in [6.07, 6.45) is 0.538. The molecule has 5 aromatic rings. The lowest BCUT2D eigenvalue weighted by Gasteiger charge is -2.21. The van der Waals surface area contributed by atoms with Crippen molar-refractivity contribution in [3.05, 3.63) is 113 Å². The van der Waals surface area contributed by atoms with Crippen LogP contribution in [0.15, 0.2) is 101 Å². The van der Waals surface area contributed by atoms with Gasteiger partial charge in [-0.25, -0.2) is 18.1 Å². The summed E-state index contributed by atoms with van der Waals surface area (Å²) in [6.45, 7) is 7.98. The van der Waals surface area contributed by atoms with Crippen molar-refractivity contribution in [2.24, 2.45) is 0 Å². The summed E-state index contributed by atoms with van der Waals surface area (Å²) in [4.78, 5) is 20.5. The summed E-state index contributed by atoms with van der Waals surface area (Å²) < 4.78 is 29.5. The maximum atomic E-state index is 13.4. The molecule has 0 atom stereocenters. The van der Waals surface area contributed by atoms with Crippen LogP contribution in [-0.4, -0.2) is 30.6 Å². The maximum absolute atomic E-state index is 13.4. The predicted octanol–water partition coefficient (Wildman–Crippen LogP) is 7.67. The zero-order valence-corrected chi connectivity index (χ0v) is 27.1. The van der Waals surface area contributed by atoms with Gasteiger partial charge in [-0.05, 0) is 61.2 Å². The van der Waals surface area contributed by atoms with Gasteiger partial charge in [0.25, 0.3) is 5.91 Å². The molecule has 0 aliphatic heterocycles. The Hall–Kier alpha value is -3.50. The lowest BCUT2D eigenvalue weighted by molar-refractivity contribution is 0.0950. The minimum Gasteiger partial charge on any atom is -0.346 e. The van der Waals surface area contributed by atoms with Crippen molar-refractivity contribution in [2.75, 3.05) is 5.75 Å². The first-order valence-electron chi connectivity index (χ1n) is 14.1. The van der Waals surface area contributed by atoms with Crippen LogP contribution in [0.1, 0.15) is 54.3 Å². The van der Waals surface area contributed by atoms with Crippen LogP contribution in [0.5, 0.6) is 0 Å². The standard InChI is InChI=1S/C34H35N3O3S3/c1-5-41-25-17-15-24(16-18-25)22-35-32(38)33-36-29(21-23-11-7-6-8-12-23)31(42-33)28-19-20-30(27-14-10-9-13-26(27)28)43(39,40)37-34(2,3)4/h6-20,37H,5,21-22H2,1-4H3,(H,35,38). The van der Waals surface area contributed by atoms with Crippen LogP contribution >= 0.6 is 23.1 Å². The summed E-state index contributed by atoms with van der Waals surface area (Å²) >= 11 is 3.11. The summed E-state index contributed by atoms with van der Waals surface area (Å²) in [5.41, 5.74) is 3.08. The van der Waals surface area contributed by atoms with E-state index in [-0.39, 0.29) is 10.8 Å². The molecule has 0 fully saturated rings. The Balaban J connectivity index is 1.53. The number of hydrogen-bond donors (Lipinski definition) is 2. The maximum Gasteiger partial charge on any atom is 0.280 e. The minimum absolute atomic E-state index is 0.220. The van der Waals surface area contributed by atoms with Crippen molar-refractivity contribution in [1.82, 2.24) is 15.0 Å². The Morgan fingerprint density at radius 1 is 0.860 bits per heavy atom. The van der Waals surface area contributed by atoms with Crippen molar-refractivity contribution < 1.29 is 13.2 Å². The Labute approximate surface area is 262 Å². The van der Waals surface area contributed by atoms with Gasteiger partial charge in [-0.2, -0.15) is 0 Å². The third-order valence-corrected chi connectivity index (χ3v) is 10.5. The second-order valence-corrected chi connectivity index (χ2v) is 15.2. The molecule has 9 heteroatoms. The molecule has 0 aliphatic carbocycles. The van der Waals surface area contributed by atoms with Crippen LogP contribution in [0.3, 0.4) is 0 Å². The summed E-state index contributed by atoms with van der Waals surface area (Å²) in [6, 6.07) is 29.2. The molecule has 6 nitrogen and oxygen atoms in total. The lowest BCUT2D eigenvalue weighted by atomic mass is 10.0. The van der Waals surface area contributed by atoms with Gasteiger partial charge in [-0.15, -0.1) is 23.1 Å². The highest BCUT2D eigenvalue weighted by Gasteiger charge is 2.26. The Morgan fingerprint density at radius 2 is 1.53 bits per heavy atom. The van der Waals surface area contributed by atoms with Gasteiger partial charge < -0.3 is 5.32 Å². The number of rotatable bonds is 10. The van der Waals surface area contributed by atoms with E-state index in [1.165, 1.54) is 16.2 Å². The molecule has 43 heavy (non-hydrogen) atoms. The van der Waals surface area contributed by atoms with Crippen molar-refractivity contribution in [3.63, 3.8) is 0 Å². The van der Waals surface area contributed by atoms with Crippen LogP contribution in [0, 0.1) is 0 Å². The molecule has 0 saturated heterocycles. The van der Waals surface area contributed by atoms with Crippen molar-refractivity contribution in [3.8, 4) is 10.4 Å². The highest BCUT2D eigenvalue weighted by Crippen LogP contribution is 2.39. The Bertz CT molecular complexity index is 1840. The molecule has 2 N–H and O–H groups in total. The molecule has 5 rings (SSSR count). The number of amides is 1. The summed E-state index contributed by atoms with van der Waals surface area (Å²) in [5.74, 6) is 0.769. The normalized spacial score (nSPS) is 12.0. The lowest BCUT2D eigenvalue weighted by Crippen LogP contribution is -2.40. The number of thioether (sulfide) groups is 1. The second-order valence-electron chi connectivity index (χ2n) is 11.2. The molecule has 0 bridgehead atoms. The first kappa shape index (κ1) is 30.9. The molecule has 0 radical (unpaired) electrons. The third kappa shape index (κ3) is 7.54. The van der Waals surface area contributed by atoms with E-state index in [4.69, 9.17) is 4.98 Å². The Morgan fingerprint density at radius 3 is 2.21 bits per heavy atom. The van der Waals surface area contributed by atoms with Crippen molar-refractivity contribution >= 4 is 49.8 Å². The number of aromatic nitrogens is 1. The first-order valence-corrected chi connectivity index (χ1v) is 17.4. The molecule has 1 amide bonds. The van der Waals surface area contributed by atoms with Gasteiger partial charge in [-0.3, -0.25) is 4.79 Å². The number of sulfonamides is 1. The number of carbonyl (C=O) groups excluding carboxylic acids is 1. The number of carbonyl (C=O) groups is 1. The number of thiazole rings is 1. The van der Waals surface area contributed by atoms with Gasteiger partial charge in [0.2, 0.25) is 10.0 Å². The van der Waals surface area contributed by atoms with Crippen LogP contribution in [0.2, 0.25) is 0 Å². The molecule has 0 spiro atoms. The molecule has 0 unspecified atom stereocenters. The van der Waals surface area contributed by atoms with Crippen LogP contribution in [0.4, 0.5) is 0 Å². The van der Waals surface area contributed by atoms with Gasteiger partial charge in [0.15, 0.2) is 5.01 Å². The minimum atomic E-state index is -3.78. The molecule has 1 aromatic heterocycles. The van der Waals surface area contributed by atoms with Gasteiger partial charge in [0, 0.05) is 34.3 Å². The van der Waals surface area contributed by atoms with E-state index in [0.717, 1.165) is 38.4 Å². The fourth-order valence-corrected chi connectivity index (χ4v) is 8.19.